The van der Waals surface area contributed by atoms with Crippen molar-refractivity contribution in [1.82, 2.24) is 15.6 Å². The normalized spacial score (nSPS) is 15.6. The van der Waals surface area contributed by atoms with E-state index < -0.39 is 32.3 Å². The lowest BCUT2D eigenvalue weighted by atomic mass is 9.98. The average Bonchev–Trinajstić information content (AvgIpc) is 3.37. The van der Waals surface area contributed by atoms with Gasteiger partial charge in [-0.05, 0) is 43.3 Å². The molecule has 1 saturated heterocycles. The fraction of sp³-hybridized carbons (Fsp3) is 0.760. The fourth-order valence-electron chi connectivity index (χ4n) is 3.51. The van der Waals surface area contributed by atoms with E-state index in [1.807, 2.05) is 0 Å². The lowest BCUT2D eigenvalue weighted by molar-refractivity contribution is -0.143. The summed E-state index contributed by atoms with van der Waals surface area (Å²) in [5.41, 5.74) is 0.252. The molecule has 1 fully saturated rings. The zero-order valence-electron chi connectivity index (χ0n) is 23.8. The third kappa shape index (κ3) is 9.82. The van der Waals surface area contributed by atoms with E-state index in [2.05, 4.69) is 54.4 Å². The number of piperidine rings is 1. The molecule has 13 heteroatoms. The molecule has 2 amide bonds. The third-order valence-electron chi connectivity index (χ3n) is 7.06. The molecular formula is C25H44N4O7SSi. The summed E-state index contributed by atoms with van der Waals surface area (Å²) >= 11 is 1.39. The second-order valence-corrected chi connectivity index (χ2v) is 16.6. The van der Waals surface area contributed by atoms with Gasteiger partial charge in [-0.2, -0.15) is 0 Å². The van der Waals surface area contributed by atoms with Gasteiger partial charge in [0.05, 0.1) is 20.3 Å². The molecule has 0 aliphatic carbocycles. The number of hydrogen-bond donors (Lipinski definition) is 2. The predicted octanol–water partition coefficient (Wildman–Crippen LogP) is 3.42. The number of hydrogen-bond acceptors (Lipinski definition) is 10. The Morgan fingerprint density at radius 1 is 1.21 bits per heavy atom. The Balaban J connectivity index is 1.84. The van der Waals surface area contributed by atoms with Crippen molar-refractivity contribution in [2.24, 2.45) is 5.92 Å². The van der Waals surface area contributed by atoms with Gasteiger partial charge in [0.25, 0.3) is 5.91 Å². The Morgan fingerprint density at radius 3 is 2.50 bits per heavy atom. The number of rotatable bonds is 13. The minimum absolute atomic E-state index is 0.0302. The first-order valence-electron chi connectivity index (χ1n) is 13.0. The molecule has 0 aromatic carbocycles. The summed E-state index contributed by atoms with van der Waals surface area (Å²) in [6, 6.07) is -0.917. The van der Waals surface area contributed by atoms with Gasteiger partial charge in [-0.3, -0.25) is 4.79 Å². The largest absolute Gasteiger partial charge is 0.467 e. The Bertz CT molecular complexity index is 914. The molecule has 216 valence electrons. The predicted molar refractivity (Wildman–Crippen MR) is 149 cm³/mol. The van der Waals surface area contributed by atoms with Gasteiger partial charge in [0.15, 0.2) is 13.4 Å². The van der Waals surface area contributed by atoms with Crippen molar-refractivity contribution in [3.63, 3.8) is 0 Å². The standard InChI is InChI=1S/C25H44N4O7SSi/c1-25(2,3)38(6,7)36-16-19(22(31)34-5)27-21(30)20-17-37-23(28-20)29-12-9-18(10-13-29)15-35-24(32)26-11-8-14-33-4/h17-19H,8-16H2,1-7H3,(H,26,32)(H,27,30)/t19-/m0/s1. The first kappa shape index (κ1) is 32.0. The first-order chi connectivity index (χ1) is 17.9. The molecule has 38 heavy (non-hydrogen) atoms. The molecule has 1 aromatic heterocycles. The van der Waals surface area contributed by atoms with Gasteiger partial charge in [0.1, 0.15) is 11.7 Å². The quantitative estimate of drug-likeness (QED) is 0.208. The lowest BCUT2D eigenvalue weighted by Crippen LogP contribution is -2.49. The van der Waals surface area contributed by atoms with Gasteiger partial charge in [0.2, 0.25) is 0 Å². The molecule has 1 atom stereocenters. The Kier molecular flexibility index (Phi) is 12.5. The van der Waals surface area contributed by atoms with Crippen molar-refractivity contribution in [2.45, 2.75) is 64.2 Å². The third-order valence-corrected chi connectivity index (χ3v) is 12.5. The van der Waals surface area contributed by atoms with Crippen LogP contribution in [0.3, 0.4) is 0 Å². The Labute approximate surface area is 231 Å². The minimum atomic E-state index is -2.12. The van der Waals surface area contributed by atoms with Gasteiger partial charge < -0.3 is 34.2 Å². The van der Waals surface area contributed by atoms with Crippen LogP contribution in [0.25, 0.3) is 0 Å². The maximum Gasteiger partial charge on any atom is 0.407 e. The molecule has 2 heterocycles. The Morgan fingerprint density at radius 2 is 1.89 bits per heavy atom. The van der Waals surface area contributed by atoms with E-state index in [0.29, 0.717) is 19.8 Å². The molecular weight excluding hydrogens is 528 g/mol. The number of methoxy groups -OCH3 is 2. The molecule has 0 radical (unpaired) electrons. The summed E-state index contributed by atoms with van der Waals surface area (Å²) in [6.07, 6.45) is 2.05. The van der Waals surface area contributed by atoms with Crippen LogP contribution in [0, 0.1) is 5.92 Å². The van der Waals surface area contributed by atoms with Crippen molar-refractivity contribution >= 4 is 42.8 Å². The van der Waals surface area contributed by atoms with Gasteiger partial charge >= 0.3 is 12.1 Å². The van der Waals surface area contributed by atoms with Crippen LogP contribution < -0.4 is 15.5 Å². The second-order valence-electron chi connectivity index (χ2n) is 10.9. The smallest absolute Gasteiger partial charge is 0.407 e. The number of nitrogens with zero attached hydrogens (tertiary/aromatic N) is 2. The lowest BCUT2D eigenvalue weighted by Gasteiger charge is -2.37. The molecule has 1 aliphatic heterocycles. The zero-order valence-corrected chi connectivity index (χ0v) is 25.6. The van der Waals surface area contributed by atoms with Crippen LogP contribution in [0.5, 0.6) is 0 Å². The average molecular weight is 573 g/mol. The molecule has 0 unspecified atom stereocenters. The summed E-state index contributed by atoms with van der Waals surface area (Å²) in [5.74, 6) is -0.720. The van der Waals surface area contributed by atoms with Crippen molar-refractivity contribution in [3.05, 3.63) is 11.1 Å². The summed E-state index contributed by atoms with van der Waals surface area (Å²) < 4.78 is 21.3. The van der Waals surface area contributed by atoms with Crippen molar-refractivity contribution in [3.8, 4) is 0 Å². The monoisotopic (exact) mass is 572 g/mol. The number of ether oxygens (including phenoxy) is 3. The molecule has 11 nitrogen and oxygen atoms in total. The number of anilines is 1. The van der Waals surface area contributed by atoms with Gasteiger partial charge in [-0.1, -0.05) is 20.8 Å². The van der Waals surface area contributed by atoms with E-state index in [9.17, 15) is 14.4 Å². The summed E-state index contributed by atoms with van der Waals surface area (Å²) in [6.45, 7) is 13.6. The maximum absolute atomic E-state index is 12.9. The van der Waals surface area contributed by atoms with Crippen molar-refractivity contribution < 1.29 is 33.0 Å². The van der Waals surface area contributed by atoms with Crippen LogP contribution in [-0.4, -0.2) is 91.0 Å². The van der Waals surface area contributed by atoms with E-state index in [0.717, 1.165) is 37.5 Å². The molecule has 0 spiro atoms. The highest BCUT2D eigenvalue weighted by Crippen LogP contribution is 2.36. The number of alkyl carbamates (subject to hydrolysis) is 1. The number of carbonyl (C=O) groups is 3. The van der Waals surface area contributed by atoms with Crippen LogP contribution in [0.2, 0.25) is 18.1 Å². The van der Waals surface area contributed by atoms with Gasteiger partial charge in [-0.15, -0.1) is 11.3 Å². The van der Waals surface area contributed by atoms with Gasteiger partial charge in [-0.25, -0.2) is 14.6 Å². The number of esters is 1. The van der Waals surface area contributed by atoms with Crippen LogP contribution in [-0.2, 0) is 23.4 Å². The van der Waals surface area contributed by atoms with E-state index in [1.165, 1.54) is 18.4 Å². The van der Waals surface area contributed by atoms with Crippen LogP contribution >= 0.6 is 11.3 Å². The highest BCUT2D eigenvalue weighted by atomic mass is 32.1. The Hall–Kier alpha value is -2.22. The summed E-state index contributed by atoms with van der Waals surface area (Å²) in [7, 11) is 0.797. The SMILES string of the molecule is COCCCNC(=O)OCC1CCN(c2nc(C(=O)N[C@@H](CO[Si](C)(C)C(C)(C)C)C(=O)OC)cs2)CC1. The van der Waals surface area contributed by atoms with Crippen molar-refractivity contribution in [2.75, 3.05) is 58.6 Å². The fourth-order valence-corrected chi connectivity index (χ4v) is 5.38. The number of aromatic nitrogens is 1. The van der Waals surface area contributed by atoms with E-state index in [4.69, 9.17) is 18.6 Å². The second kappa shape index (κ2) is 14.8. The molecule has 0 saturated carbocycles. The van der Waals surface area contributed by atoms with E-state index in [-0.39, 0.29) is 23.3 Å². The minimum Gasteiger partial charge on any atom is -0.467 e. The van der Waals surface area contributed by atoms with Crippen LogP contribution in [0.4, 0.5) is 9.93 Å². The zero-order chi connectivity index (χ0) is 28.3. The number of amides is 2. The molecule has 1 aliphatic rings. The molecule has 2 rings (SSSR count). The molecule has 2 N–H and O–H groups in total. The van der Waals surface area contributed by atoms with Crippen molar-refractivity contribution in [1.29, 1.82) is 0 Å². The number of carbonyl (C=O) groups excluding carboxylic acids is 3. The highest BCUT2D eigenvalue weighted by molar-refractivity contribution is 7.13. The van der Waals surface area contributed by atoms with E-state index >= 15 is 0 Å². The highest BCUT2D eigenvalue weighted by Gasteiger charge is 2.38. The van der Waals surface area contributed by atoms with Gasteiger partial charge in [0, 0.05) is 38.7 Å². The van der Waals surface area contributed by atoms with Crippen LogP contribution in [0.1, 0.15) is 50.5 Å². The topological polar surface area (TPSA) is 128 Å². The number of nitrogens with one attached hydrogen (secondary N) is 2. The molecule has 0 bridgehead atoms. The summed E-state index contributed by atoms with van der Waals surface area (Å²) in [4.78, 5) is 43.7. The van der Waals surface area contributed by atoms with E-state index in [1.54, 1.807) is 12.5 Å². The number of thiazole rings is 1. The first-order valence-corrected chi connectivity index (χ1v) is 16.8. The van der Waals surface area contributed by atoms with Crippen LogP contribution in [0.15, 0.2) is 5.38 Å². The molecule has 1 aromatic rings. The maximum atomic E-state index is 12.9. The summed E-state index contributed by atoms with van der Waals surface area (Å²) in [5, 5.41) is 7.85.